The number of hydrogen-bond acceptors (Lipinski definition) is 2. The van der Waals surface area contributed by atoms with Crippen molar-refractivity contribution >= 4 is 5.78 Å². The molecule has 2 aromatic rings. The number of rotatable bonds is 4. The van der Waals surface area contributed by atoms with Crippen LogP contribution in [0.1, 0.15) is 22.8 Å². The zero-order valence-electron chi connectivity index (χ0n) is 10.3. The number of ketones is 1. The van der Waals surface area contributed by atoms with Gasteiger partial charge in [-0.1, -0.05) is 12.1 Å². The molecule has 19 heavy (non-hydrogen) atoms. The summed E-state index contributed by atoms with van der Waals surface area (Å²) in [5, 5.41) is 0. The van der Waals surface area contributed by atoms with Gasteiger partial charge in [-0.25, -0.2) is 8.78 Å². The highest BCUT2D eigenvalue weighted by molar-refractivity contribution is 5.94. The summed E-state index contributed by atoms with van der Waals surface area (Å²) >= 11 is 0. The molecule has 0 unspecified atom stereocenters. The molecule has 0 saturated heterocycles. The molecule has 0 fully saturated rings. The van der Waals surface area contributed by atoms with Gasteiger partial charge in [0.25, 0.3) is 0 Å². The van der Waals surface area contributed by atoms with Crippen LogP contribution in [-0.2, 0) is 6.61 Å². The van der Waals surface area contributed by atoms with E-state index >= 15 is 0 Å². The highest BCUT2D eigenvalue weighted by Gasteiger charge is 2.06. The molecule has 0 bridgehead atoms. The second-order valence-electron chi connectivity index (χ2n) is 4.11. The summed E-state index contributed by atoms with van der Waals surface area (Å²) in [5.74, 6) is -0.877. The van der Waals surface area contributed by atoms with E-state index in [1.165, 1.54) is 19.1 Å². The molecule has 0 N–H and O–H groups in total. The average molecular weight is 262 g/mol. The van der Waals surface area contributed by atoms with E-state index in [1.54, 1.807) is 24.3 Å². The van der Waals surface area contributed by atoms with Crippen molar-refractivity contribution in [1.29, 1.82) is 0 Å². The first-order chi connectivity index (χ1) is 9.06. The molecule has 0 amide bonds. The zero-order chi connectivity index (χ0) is 13.8. The van der Waals surface area contributed by atoms with Crippen molar-refractivity contribution < 1.29 is 18.3 Å². The summed E-state index contributed by atoms with van der Waals surface area (Å²) in [5.41, 5.74) is 0.784. The normalized spacial score (nSPS) is 10.3. The van der Waals surface area contributed by atoms with Crippen LogP contribution in [0.5, 0.6) is 5.75 Å². The Morgan fingerprint density at radius 3 is 2.63 bits per heavy atom. The first-order valence-corrected chi connectivity index (χ1v) is 5.74. The lowest BCUT2D eigenvalue weighted by atomic mass is 10.1. The van der Waals surface area contributed by atoms with Gasteiger partial charge in [-0.05, 0) is 31.2 Å². The fourth-order valence-corrected chi connectivity index (χ4v) is 1.60. The topological polar surface area (TPSA) is 26.3 Å². The minimum atomic E-state index is -0.650. The van der Waals surface area contributed by atoms with Crippen LogP contribution >= 0.6 is 0 Å². The summed E-state index contributed by atoms with van der Waals surface area (Å²) in [7, 11) is 0. The number of Topliss-reactive ketones (excluding diaryl/α,β-unsaturated/α-hetero) is 1. The number of carbonyl (C=O) groups excluding carboxylic acids is 1. The predicted molar refractivity (Wildman–Crippen MR) is 67.1 cm³/mol. The van der Waals surface area contributed by atoms with Gasteiger partial charge in [0.2, 0.25) is 0 Å². The van der Waals surface area contributed by atoms with Gasteiger partial charge in [-0.15, -0.1) is 0 Å². The number of hydrogen-bond donors (Lipinski definition) is 0. The number of ether oxygens (including phenoxy) is 1. The maximum Gasteiger partial charge on any atom is 0.159 e. The van der Waals surface area contributed by atoms with Gasteiger partial charge in [-0.2, -0.15) is 0 Å². The van der Waals surface area contributed by atoms with Crippen LogP contribution < -0.4 is 4.74 Å². The van der Waals surface area contributed by atoms with Gasteiger partial charge < -0.3 is 4.74 Å². The van der Waals surface area contributed by atoms with Crippen LogP contribution in [0.3, 0.4) is 0 Å². The third kappa shape index (κ3) is 3.37. The molecule has 0 atom stereocenters. The molecule has 2 nitrogen and oxygen atoms in total. The number of benzene rings is 2. The first-order valence-electron chi connectivity index (χ1n) is 5.74. The van der Waals surface area contributed by atoms with Crippen molar-refractivity contribution in [1.82, 2.24) is 0 Å². The van der Waals surface area contributed by atoms with E-state index in [-0.39, 0.29) is 18.0 Å². The molecule has 0 aliphatic rings. The lowest BCUT2D eigenvalue weighted by Gasteiger charge is -2.08. The quantitative estimate of drug-likeness (QED) is 0.784. The maximum atomic E-state index is 13.4. The third-order valence-corrected chi connectivity index (χ3v) is 2.65. The summed E-state index contributed by atoms with van der Waals surface area (Å²) in [6.45, 7) is 1.44. The Balaban J connectivity index is 2.10. The molecule has 0 aliphatic heterocycles. The van der Waals surface area contributed by atoms with E-state index in [0.717, 1.165) is 6.07 Å². The number of carbonyl (C=O) groups is 1. The standard InChI is InChI=1S/C15H12F2O2/c1-10(18)11-3-2-4-14(7-11)19-9-12-5-6-13(16)8-15(12)17/h2-8H,9H2,1H3. The van der Waals surface area contributed by atoms with Crippen LogP contribution in [0.2, 0.25) is 0 Å². The monoisotopic (exact) mass is 262 g/mol. The van der Waals surface area contributed by atoms with Crippen molar-refractivity contribution in [2.24, 2.45) is 0 Å². The Hall–Kier alpha value is -2.23. The Kier molecular flexibility index (Phi) is 3.90. The van der Waals surface area contributed by atoms with Crippen molar-refractivity contribution in [3.63, 3.8) is 0 Å². The fraction of sp³-hybridized carbons (Fsp3) is 0.133. The Morgan fingerprint density at radius 2 is 1.95 bits per heavy atom. The van der Waals surface area contributed by atoms with Crippen LogP contribution in [0.4, 0.5) is 8.78 Å². The van der Waals surface area contributed by atoms with Crippen molar-refractivity contribution in [3.8, 4) is 5.75 Å². The van der Waals surface area contributed by atoms with Gasteiger partial charge in [0, 0.05) is 17.2 Å². The Labute approximate surface area is 109 Å². The van der Waals surface area contributed by atoms with E-state index in [2.05, 4.69) is 0 Å². The molecule has 0 saturated carbocycles. The Bertz CT molecular complexity index is 609. The van der Waals surface area contributed by atoms with Gasteiger partial charge in [0.1, 0.15) is 24.0 Å². The first kappa shape index (κ1) is 13.2. The lowest BCUT2D eigenvalue weighted by molar-refractivity contribution is 0.101. The molecule has 2 rings (SSSR count). The molecular formula is C15H12F2O2. The second kappa shape index (κ2) is 5.61. The van der Waals surface area contributed by atoms with E-state index in [0.29, 0.717) is 11.3 Å². The molecule has 0 aliphatic carbocycles. The minimum Gasteiger partial charge on any atom is -0.489 e. The summed E-state index contributed by atoms with van der Waals surface area (Å²) < 4.78 is 31.5. The van der Waals surface area contributed by atoms with E-state index < -0.39 is 11.6 Å². The van der Waals surface area contributed by atoms with Crippen molar-refractivity contribution in [2.75, 3.05) is 0 Å². The van der Waals surface area contributed by atoms with Crippen LogP contribution in [-0.4, -0.2) is 5.78 Å². The molecule has 2 aromatic carbocycles. The van der Waals surface area contributed by atoms with Crippen LogP contribution in [0, 0.1) is 11.6 Å². The van der Waals surface area contributed by atoms with E-state index in [4.69, 9.17) is 4.74 Å². The molecular weight excluding hydrogens is 250 g/mol. The Morgan fingerprint density at radius 1 is 1.16 bits per heavy atom. The third-order valence-electron chi connectivity index (χ3n) is 2.65. The molecule has 0 spiro atoms. The molecule has 0 aromatic heterocycles. The highest BCUT2D eigenvalue weighted by Crippen LogP contribution is 2.17. The van der Waals surface area contributed by atoms with Gasteiger partial charge >= 0.3 is 0 Å². The highest BCUT2D eigenvalue weighted by atomic mass is 19.1. The van der Waals surface area contributed by atoms with Crippen LogP contribution in [0.15, 0.2) is 42.5 Å². The number of halogens is 2. The molecule has 0 radical (unpaired) electrons. The van der Waals surface area contributed by atoms with Crippen LogP contribution in [0.25, 0.3) is 0 Å². The van der Waals surface area contributed by atoms with E-state index in [9.17, 15) is 13.6 Å². The molecule has 4 heteroatoms. The van der Waals surface area contributed by atoms with Gasteiger partial charge in [0.05, 0.1) is 0 Å². The second-order valence-corrected chi connectivity index (χ2v) is 4.11. The smallest absolute Gasteiger partial charge is 0.159 e. The molecule has 98 valence electrons. The fourth-order valence-electron chi connectivity index (χ4n) is 1.60. The summed E-state index contributed by atoms with van der Waals surface area (Å²) in [6.07, 6.45) is 0. The van der Waals surface area contributed by atoms with Crippen molar-refractivity contribution in [2.45, 2.75) is 13.5 Å². The average Bonchev–Trinajstić information content (AvgIpc) is 2.38. The summed E-state index contributed by atoms with van der Waals surface area (Å²) in [6, 6.07) is 9.94. The summed E-state index contributed by atoms with van der Waals surface area (Å²) in [4.78, 5) is 11.2. The molecule has 0 heterocycles. The largest absolute Gasteiger partial charge is 0.489 e. The predicted octanol–water partition coefficient (Wildman–Crippen LogP) is 3.75. The SMILES string of the molecule is CC(=O)c1cccc(OCc2ccc(F)cc2F)c1. The van der Waals surface area contributed by atoms with Gasteiger partial charge in [0.15, 0.2) is 5.78 Å². The van der Waals surface area contributed by atoms with Crippen molar-refractivity contribution in [3.05, 3.63) is 65.2 Å². The zero-order valence-corrected chi connectivity index (χ0v) is 10.3. The minimum absolute atomic E-state index is 0.0204. The van der Waals surface area contributed by atoms with Gasteiger partial charge in [-0.3, -0.25) is 4.79 Å². The lowest BCUT2D eigenvalue weighted by Crippen LogP contribution is -2.00. The van der Waals surface area contributed by atoms with E-state index in [1.807, 2.05) is 0 Å². The maximum absolute atomic E-state index is 13.4.